The van der Waals surface area contributed by atoms with Gasteiger partial charge in [0.15, 0.2) is 0 Å². The molecule has 0 bridgehead atoms. The summed E-state index contributed by atoms with van der Waals surface area (Å²) in [5, 5.41) is 5.34. The molecule has 3 aromatic carbocycles. The molecule has 0 radical (unpaired) electrons. The van der Waals surface area contributed by atoms with Crippen molar-refractivity contribution in [1.82, 2.24) is 5.32 Å². The minimum atomic E-state index is -0.815. The Bertz CT molecular complexity index is 1030. The number of esters is 1. The minimum Gasteiger partial charge on any atom is -0.465 e. The first-order chi connectivity index (χ1) is 13.1. The van der Waals surface area contributed by atoms with E-state index in [1.54, 1.807) is 6.92 Å². The van der Waals surface area contributed by atoms with Crippen LogP contribution in [0.25, 0.3) is 10.8 Å². The molecule has 1 aliphatic rings. The van der Waals surface area contributed by atoms with Gasteiger partial charge in [0, 0.05) is 11.1 Å². The maximum Gasteiger partial charge on any atom is 0.315 e. The summed E-state index contributed by atoms with van der Waals surface area (Å²) in [6, 6.07) is 21.8. The molecule has 1 heterocycles. The smallest absolute Gasteiger partial charge is 0.315 e. The SMILES string of the molecule is CCOC(=O)CS[C@]1(c2ccc3ccccc3c2)NC(=O)c2ccccc21. The normalized spacial score (nSPS) is 18.2. The average molecular weight is 377 g/mol. The number of carbonyl (C=O) groups is 2. The van der Waals surface area contributed by atoms with E-state index >= 15 is 0 Å². The molecule has 4 nitrogen and oxygen atoms in total. The van der Waals surface area contributed by atoms with Crippen LogP contribution in [-0.2, 0) is 14.4 Å². The topological polar surface area (TPSA) is 55.4 Å². The molecule has 27 heavy (non-hydrogen) atoms. The van der Waals surface area contributed by atoms with Crippen LogP contribution >= 0.6 is 11.8 Å². The van der Waals surface area contributed by atoms with Gasteiger partial charge in [0.05, 0.1) is 12.4 Å². The molecule has 5 heteroatoms. The summed E-state index contributed by atoms with van der Waals surface area (Å²) in [4.78, 5) is 23.9. The third-order valence-corrected chi connectivity index (χ3v) is 6.08. The highest BCUT2D eigenvalue weighted by Crippen LogP contribution is 2.46. The molecule has 0 aliphatic carbocycles. The maximum atomic E-state index is 12.6. The zero-order valence-corrected chi connectivity index (χ0v) is 15.7. The average Bonchev–Trinajstić information content (AvgIpc) is 3.00. The first-order valence-electron chi connectivity index (χ1n) is 8.85. The molecule has 1 amide bonds. The lowest BCUT2D eigenvalue weighted by Crippen LogP contribution is -2.38. The summed E-state index contributed by atoms with van der Waals surface area (Å²) in [7, 11) is 0. The second-order valence-electron chi connectivity index (χ2n) is 6.34. The van der Waals surface area contributed by atoms with E-state index in [0.717, 1.165) is 21.9 Å². The van der Waals surface area contributed by atoms with E-state index in [4.69, 9.17) is 4.74 Å². The Morgan fingerprint density at radius 3 is 2.59 bits per heavy atom. The fourth-order valence-electron chi connectivity index (χ4n) is 3.49. The number of fused-ring (bicyclic) bond motifs is 2. The van der Waals surface area contributed by atoms with Crippen LogP contribution in [0, 0.1) is 0 Å². The third-order valence-electron chi connectivity index (χ3n) is 4.71. The van der Waals surface area contributed by atoms with Crippen LogP contribution < -0.4 is 5.32 Å². The van der Waals surface area contributed by atoms with Crippen molar-refractivity contribution < 1.29 is 14.3 Å². The largest absolute Gasteiger partial charge is 0.465 e. The molecular formula is C22H19NO3S. The highest BCUT2D eigenvalue weighted by atomic mass is 32.2. The molecule has 1 aliphatic heterocycles. The van der Waals surface area contributed by atoms with Crippen LogP contribution in [0.5, 0.6) is 0 Å². The number of hydrogen-bond donors (Lipinski definition) is 1. The van der Waals surface area contributed by atoms with E-state index in [9.17, 15) is 9.59 Å². The quantitative estimate of drug-likeness (QED) is 0.681. The lowest BCUT2D eigenvalue weighted by atomic mass is 9.95. The fraction of sp³-hybridized carbons (Fsp3) is 0.182. The molecule has 0 fully saturated rings. The maximum absolute atomic E-state index is 12.6. The first-order valence-corrected chi connectivity index (χ1v) is 9.83. The van der Waals surface area contributed by atoms with Crippen molar-refractivity contribution in [2.24, 2.45) is 0 Å². The summed E-state index contributed by atoms with van der Waals surface area (Å²) >= 11 is 1.38. The van der Waals surface area contributed by atoms with Gasteiger partial charge in [-0.1, -0.05) is 54.6 Å². The summed E-state index contributed by atoms with van der Waals surface area (Å²) in [5.74, 6) is -0.272. The van der Waals surface area contributed by atoms with Crippen molar-refractivity contribution in [3.8, 4) is 0 Å². The number of ether oxygens (including phenoxy) is 1. The van der Waals surface area contributed by atoms with Crippen LogP contribution in [0.2, 0.25) is 0 Å². The van der Waals surface area contributed by atoms with Gasteiger partial charge in [0.25, 0.3) is 5.91 Å². The number of benzene rings is 3. The molecule has 1 atom stereocenters. The number of carbonyl (C=O) groups excluding carboxylic acids is 2. The molecular weight excluding hydrogens is 358 g/mol. The molecule has 136 valence electrons. The Kier molecular flexibility index (Phi) is 4.62. The second kappa shape index (κ2) is 7.08. The molecule has 3 aromatic rings. The van der Waals surface area contributed by atoms with E-state index in [2.05, 4.69) is 17.4 Å². The monoisotopic (exact) mass is 377 g/mol. The van der Waals surface area contributed by atoms with Crippen LogP contribution in [0.4, 0.5) is 0 Å². The second-order valence-corrected chi connectivity index (χ2v) is 7.53. The number of rotatable bonds is 5. The summed E-state index contributed by atoms with van der Waals surface area (Å²) in [6.07, 6.45) is 0. The Balaban J connectivity index is 1.83. The van der Waals surface area contributed by atoms with E-state index in [0.29, 0.717) is 12.2 Å². The van der Waals surface area contributed by atoms with Gasteiger partial charge in [-0.05, 0) is 35.4 Å². The van der Waals surface area contributed by atoms with E-state index < -0.39 is 4.87 Å². The number of hydrogen-bond acceptors (Lipinski definition) is 4. The first kappa shape index (κ1) is 17.6. The molecule has 0 aromatic heterocycles. The zero-order chi connectivity index (χ0) is 18.9. The highest BCUT2D eigenvalue weighted by molar-refractivity contribution is 8.01. The van der Waals surface area contributed by atoms with Crippen LogP contribution in [0.15, 0.2) is 66.7 Å². The Labute approximate surface area is 161 Å². The van der Waals surface area contributed by atoms with Gasteiger partial charge in [-0.25, -0.2) is 0 Å². The van der Waals surface area contributed by atoms with Gasteiger partial charge in [-0.15, -0.1) is 11.8 Å². The zero-order valence-electron chi connectivity index (χ0n) is 14.9. The Hall–Kier alpha value is -2.79. The summed E-state index contributed by atoms with van der Waals surface area (Å²) in [5.41, 5.74) is 2.45. The van der Waals surface area contributed by atoms with Crippen molar-refractivity contribution in [3.63, 3.8) is 0 Å². The molecule has 4 rings (SSSR count). The van der Waals surface area contributed by atoms with Gasteiger partial charge in [0.1, 0.15) is 4.87 Å². The van der Waals surface area contributed by atoms with Crippen LogP contribution in [0.3, 0.4) is 0 Å². The number of nitrogens with one attached hydrogen (secondary N) is 1. The third kappa shape index (κ3) is 3.08. The van der Waals surface area contributed by atoms with E-state index in [1.165, 1.54) is 11.8 Å². The van der Waals surface area contributed by atoms with Crippen molar-refractivity contribution in [2.75, 3.05) is 12.4 Å². The fourth-order valence-corrected chi connectivity index (χ4v) is 4.70. The molecule has 0 unspecified atom stereocenters. The highest BCUT2D eigenvalue weighted by Gasteiger charge is 2.45. The van der Waals surface area contributed by atoms with Gasteiger partial charge in [-0.2, -0.15) is 0 Å². The summed E-state index contributed by atoms with van der Waals surface area (Å²) in [6.45, 7) is 2.12. The summed E-state index contributed by atoms with van der Waals surface area (Å²) < 4.78 is 5.10. The van der Waals surface area contributed by atoms with Gasteiger partial charge in [0.2, 0.25) is 0 Å². The molecule has 1 N–H and O–H groups in total. The van der Waals surface area contributed by atoms with Crippen molar-refractivity contribution >= 4 is 34.4 Å². The van der Waals surface area contributed by atoms with Crippen LogP contribution in [-0.4, -0.2) is 24.2 Å². The lowest BCUT2D eigenvalue weighted by Gasteiger charge is -2.30. The van der Waals surface area contributed by atoms with Gasteiger partial charge < -0.3 is 10.1 Å². The van der Waals surface area contributed by atoms with E-state index in [1.807, 2.05) is 54.6 Å². The van der Waals surface area contributed by atoms with Gasteiger partial charge in [-0.3, -0.25) is 9.59 Å². The Morgan fingerprint density at radius 2 is 1.78 bits per heavy atom. The predicted molar refractivity (Wildman–Crippen MR) is 108 cm³/mol. The lowest BCUT2D eigenvalue weighted by molar-refractivity contribution is -0.139. The minimum absolute atomic E-state index is 0.130. The molecule has 0 spiro atoms. The van der Waals surface area contributed by atoms with E-state index in [-0.39, 0.29) is 17.6 Å². The number of amides is 1. The van der Waals surface area contributed by atoms with Crippen molar-refractivity contribution in [2.45, 2.75) is 11.8 Å². The van der Waals surface area contributed by atoms with Crippen LogP contribution in [0.1, 0.15) is 28.4 Å². The van der Waals surface area contributed by atoms with Crippen molar-refractivity contribution in [3.05, 3.63) is 83.4 Å². The molecule has 0 saturated heterocycles. The Morgan fingerprint density at radius 1 is 1.04 bits per heavy atom. The molecule has 0 saturated carbocycles. The predicted octanol–water partition coefficient (Wildman–Crippen LogP) is 4.08. The van der Waals surface area contributed by atoms with Crippen molar-refractivity contribution in [1.29, 1.82) is 0 Å². The standard InChI is InChI=1S/C22H19NO3S/c1-2-26-20(24)14-27-22(19-10-6-5-9-18(19)21(25)23-22)17-12-11-15-7-3-4-8-16(15)13-17/h3-13H,2,14H2,1H3,(H,23,25)/t22-/m0/s1. The number of thioether (sulfide) groups is 1. The van der Waals surface area contributed by atoms with Gasteiger partial charge >= 0.3 is 5.97 Å².